The second-order valence-corrected chi connectivity index (χ2v) is 6.88. The fourth-order valence-electron chi connectivity index (χ4n) is 2.84. The molecule has 1 saturated heterocycles. The molecule has 0 bridgehead atoms. The van der Waals surface area contributed by atoms with Gasteiger partial charge in [0.25, 0.3) is 0 Å². The van der Waals surface area contributed by atoms with Gasteiger partial charge in [-0.15, -0.1) is 0 Å². The van der Waals surface area contributed by atoms with E-state index >= 15 is 0 Å². The van der Waals surface area contributed by atoms with Crippen molar-refractivity contribution < 1.29 is 14.3 Å². The van der Waals surface area contributed by atoms with Crippen molar-refractivity contribution in [3.05, 3.63) is 29.3 Å². The first kappa shape index (κ1) is 21.2. The van der Waals surface area contributed by atoms with Crippen molar-refractivity contribution in [2.75, 3.05) is 33.3 Å². The fraction of sp³-hybridized carbons (Fsp3) is 0.579. The van der Waals surface area contributed by atoms with E-state index in [1.165, 1.54) is 0 Å². The molecule has 0 aromatic heterocycles. The minimum atomic E-state index is -0.230. The van der Waals surface area contributed by atoms with Gasteiger partial charge in [-0.2, -0.15) is 0 Å². The zero-order chi connectivity index (χ0) is 19.6. The lowest BCUT2D eigenvalue weighted by Gasteiger charge is -2.32. The van der Waals surface area contributed by atoms with E-state index in [1.807, 2.05) is 26.0 Å². The molecule has 1 aliphatic heterocycles. The van der Waals surface area contributed by atoms with Crippen LogP contribution >= 0.6 is 11.6 Å². The molecule has 1 aromatic carbocycles. The van der Waals surface area contributed by atoms with Crippen LogP contribution < -0.4 is 15.4 Å². The van der Waals surface area contributed by atoms with E-state index in [4.69, 9.17) is 21.1 Å². The topological polar surface area (TPSA) is 75.2 Å². The van der Waals surface area contributed by atoms with Crippen LogP contribution in [0.5, 0.6) is 5.75 Å². The number of amides is 1. The Bertz CT molecular complexity index is 616. The SMILES string of the molecule is CCOC(=O)N1CCC(NC(=NC)NCC(C)Oc2ccc(Cl)cc2)CC1. The predicted molar refractivity (Wildman–Crippen MR) is 108 cm³/mol. The summed E-state index contributed by atoms with van der Waals surface area (Å²) in [4.78, 5) is 17.8. The molecule has 1 atom stereocenters. The minimum absolute atomic E-state index is 0.0320. The Balaban J connectivity index is 1.71. The number of likely N-dealkylation sites (tertiary alicyclic amines) is 1. The van der Waals surface area contributed by atoms with Crippen molar-refractivity contribution >= 4 is 23.7 Å². The van der Waals surface area contributed by atoms with E-state index in [1.54, 1.807) is 24.1 Å². The van der Waals surface area contributed by atoms with Crippen LogP contribution in [0.1, 0.15) is 26.7 Å². The molecule has 27 heavy (non-hydrogen) atoms. The average Bonchev–Trinajstić information content (AvgIpc) is 2.67. The third-order valence-electron chi connectivity index (χ3n) is 4.29. The largest absolute Gasteiger partial charge is 0.489 e. The van der Waals surface area contributed by atoms with Crippen LogP contribution in [0, 0.1) is 0 Å². The van der Waals surface area contributed by atoms with Crippen molar-refractivity contribution in [1.29, 1.82) is 0 Å². The lowest BCUT2D eigenvalue weighted by atomic mass is 10.1. The monoisotopic (exact) mass is 396 g/mol. The number of piperidine rings is 1. The number of nitrogens with zero attached hydrogens (tertiary/aromatic N) is 2. The average molecular weight is 397 g/mol. The van der Waals surface area contributed by atoms with Gasteiger partial charge < -0.3 is 25.0 Å². The summed E-state index contributed by atoms with van der Waals surface area (Å²) in [6.07, 6.45) is 1.45. The third-order valence-corrected chi connectivity index (χ3v) is 4.55. The molecule has 1 aliphatic rings. The quantitative estimate of drug-likeness (QED) is 0.571. The van der Waals surface area contributed by atoms with E-state index < -0.39 is 0 Å². The summed E-state index contributed by atoms with van der Waals surface area (Å²) in [5.74, 6) is 1.51. The van der Waals surface area contributed by atoms with Crippen LogP contribution in [0.25, 0.3) is 0 Å². The van der Waals surface area contributed by atoms with Crippen molar-refractivity contribution in [3.63, 3.8) is 0 Å². The molecule has 2 rings (SSSR count). The highest BCUT2D eigenvalue weighted by atomic mass is 35.5. The predicted octanol–water partition coefficient (Wildman–Crippen LogP) is 2.89. The van der Waals surface area contributed by atoms with Crippen LogP contribution in [0.3, 0.4) is 0 Å². The van der Waals surface area contributed by atoms with Gasteiger partial charge in [-0.1, -0.05) is 11.6 Å². The normalized spacial score (nSPS) is 16.6. The van der Waals surface area contributed by atoms with Crippen molar-refractivity contribution in [2.24, 2.45) is 4.99 Å². The number of carbonyl (C=O) groups is 1. The smallest absolute Gasteiger partial charge is 0.409 e. The van der Waals surface area contributed by atoms with Gasteiger partial charge in [0.1, 0.15) is 11.9 Å². The van der Waals surface area contributed by atoms with Gasteiger partial charge in [0.05, 0.1) is 13.2 Å². The molecule has 0 spiro atoms. The first-order valence-electron chi connectivity index (χ1n) is 9.33. The summed E-state index contributed by atoms with van der Waals surface area (Å²) in [7, 11) is 1.74. The summed E-state index contributed by atoms with van der Waals surface area (Å²) in [6, 6.07) is 7.58. The van der Waals surface area contributed by atoms with Crippen molar-refractivity contribution in [2.45, 2.75) is 38.8 Å². The number of benzene rings is 1. The van der Waals surface area contributed by atoms with E-state index in [0.29, 0.717) is 31.3 Å². The molecule has 2 N–H and O–H groups in total. The molecule has 0 aliphatic carbocycles. The van der Waals surface area contributed by atoms with Gasteiger partial charge in [0.15, 0.2) is 5.96 Å². The lowest BCUT2D eigenvalue weighted by molar-refractivity contribution is 0.0963. The number of ether oxygens (including phenoxy) is 2. The molecule has 1 fully saturated rings. The number of nitrogens with one attached hydrogen (secondary N) is 2. The Kier molecular flexibility index (Phi) is 8.51. The Labute approximate surface area is 166 Å². The Morgan fingerprint density at radius 1 is 1.33 bits per heavy atom. The first-order chi connectivity index (χ1) is 13.0. The minimum Gasteiger partial charge on any atom is -0.489 e. The summed E-state index contributed by atoms with van der Waals surface area (Å²) in [6.45, 7) is 6.20. The highest BCUT2D eigenvalue weighted by Gasteiger charge is 2.24. The number of hydrogen-bond donors (Lipinski definition) is 2. The van der Waals surface area contributed by atoms with E-state index in [0.717, 1.165) is 24.6 Å². The van der Waals surface area contributed by atoms with Gasteiger partial charge in [-0.25, -0.2) is 4.79 Å². The number of carbonyl (C=O) groups excluding carboxylic acids is 1. The van der Waals surface area contributed by atoms with Crippen LogP contribution in [0.4, 0.5) is 4.79 Å². The van der Waals surface area contributed by atoms with Gasteiger partial charge in [-0.3, -0.25) is 4.99 Å². The number of guanidine groups is 1. The van der Waals surface area contributed by atoms with Crippen molar-refractivity contribution in [1.82, 2.24) is 15.5 Å². The summed E-state index contributed by atoms with van der Waals surface area (Å²) in [5.41, 5.74) is 0. The zero-order valence-electron chi connectivity index (χ0n) is 16.2. The van der Waals surface area contributed by atoms with Gasteiger partial charge >= 0.3 is 6.09 Å². The first-order valence-corrected chi connectivity index (χ1v) is 9.70. The van der Waals surface area contributed by atoms with Crippen LogP contribution in [0.15, 0.2) is 29.3 Å². The number of hydrogen-bond acceptors (Lipinski definition) is 4. The van der Waals surface area contributed by atoms with E-state index in [-0.39, 0.29) is 18.2 Å². The van der Waals surface area contributed by atoms with E-state index in [2.05, 4.69) is 15.6 Å². The lowest BCUT2D eigenvalue weighted by Crippen LogP contribution is -2.50. The van der Waals surface area contributed by atoms with Crippen LogP contribution in [-0.4, -0.2) is 62.4 Å². The molecule has 0 radical (unpaired) electrons. The second-order valence-electron chi connectivity index (χ2n) is 6.44. The molecule has 1 heterocycles. The molecule has 150 valence electrons. The molecular formula is C19H29ClN4O3. The Morgan fingerprint density at radius 3 is 2.59 bits per heavy atom. The standard InChI is InChI=1S/C19H29ClN4O3/c1-4-26-19(25)24-11-9-16(10-12-24)23-18(21-3)22-13-14(2)27-17-7-5-15(20)6-8-17/h5-8,14,16H,4,9-13H2,1-3H3,(H2,21,22,23). The Morgan fingerprint density at radius 2 is 2.00 bits per heavy atom. The molecule has 7 nitrogen and oxygen atoms in total. The summed E-state index contributed by atoms with van der Waals surface area (Å²) >= 11 is 5.88. The number of halogens is 1. The molecule has 0 saturated carbocycles. The zero-order valence-corrected chi connectivity index (χ0v) is 17.0. The van der Waals surface area contributed by atoms with E-state index in [9.17, 15) is 4.79 Å². The Hall–Kier alpha value is -2.15. The maximum Gasteiger partial charge on any atom is 0.409 e. The van der Waals surface area contributed by atoms with Gasteiger partial charge in [-0.05, 0) is 51.0 Å². The molecule has 1 amide bonds. The second kappa shape index (κ2) is 10.9. The maximum absolute atomic E-state index is 11.8. The molecule has 8 heteroatoms. The molecular weight excluding hydrogens is 368 g/mol. The molecule has 1 aromatic rings. The summed E-state index contributed by atoms with van der Waals surface area (Å²) < 4.78 is 10.9. The number of rotatable bonds is 6. The third kappa shape index (κ3) is 7.17. The maximum atomic E-state index is 11.8. The fourth-order valence-corrected chi connectivity index (χ4v) is 2.96. The summed E-state index contributed by atoms with van der Waals surface area (Å²) in [5, 5.41) is 7.38. The van der Waals surface area contributed by atoms with Gasteiger partial charge in [0, 0.05) is 31.2 Å². The van der Waals surface area contributed by atoms with Gasteiger partial charge in [0.2, 0.25) is 0 Å². The highest BCUT2D eigenvalue weighted by molar-refractivity contribution is 6.30. The van der Waals surface area contributed by atoms with Crippen LogP contribution in [0.2, 0.25) is 5.02 Å². The number of aliphatic imine (C=N–C) groups is 1. The molecule has 1 unspecified atom stereocenters. The highest BCUT2D eigenvalue weighted by Crippen LogP contribution is 2.16. The van der Waals surface area contributed by atoms with Crippen molar-refractivity contribution in [3.8, 4) is 5.75 Å². The van der Waals surface area contributed by atoms with Crippen LogP contribution in [-0.2, 0) is 4.74 Å².